The average Bonchev–Trinajstić information content (AvgIpc) is 2.75. The molecule has 0 unspecified atom stereocenters. The number of hydrogen-bond donors (Lipinski definition) is 0. The number of hydrogen-bond acceptors (Lipinski definition) is 2. The lowest BCUT2D eigenvalue weighted by Gasteiger charge is -2.08. The van der Waals surface area contributed by atoms with Crippen molar-refractivity contribution in [3.05, 3.63) is 65.9 Å². The molecule has 20 heavy (non-hydrogen) atoms. The Morgan fingerprint density at radius 3 is 2.90 bits per heavy atom. The van der Waals surface area contributed by atoms with Crippen molar-refractivity contribution in [3.63, 3.8) is 0 Å². The van der Waals surface area contributed by atoms with E-state index in [-0.39, 0.29) is 0 Å². The number of benzene rings is 1. The van der Waals surface area contributed by atoms with Crippen LogP contribution in [0.15, 0.2) is 54.6 Å². The zero-order valence-corrected chi connectivity index (χ0v) is 11.8. The van der Waals surface area contributed by atoms with Gasteiger partial charge < -0.3 is 4.74 Å². The lowest BCUT2D eigenvalue weighted by Crippen LogP contribution is -1.92. The van der Waals surface area contributed by atoms with Crippen molar-refractivity contribution in [2.45, 2.75) is 13.3 Å². The Labute approximate surface area is 119 Å². The quantitative estimate of drug-likeness (QED) is 0.798. The van der Waals surface area contributed by atoms with E-state index in [0.717, 1.165) is 23.4 Å². The van der Waals surface area contributed by atoms with E-state index in [4.69, 9.17) is 9.72 Å². The molecule has 0 spiro atoms. The third kappa shape index (κ3) is 2.37. The summed E-state index contributed by atoms with van der Waals surface area (Å²) in [5.74, 6) is 0.841. The monoisotopic (exact) mass is 263 g/mol. The first-order valence-electron chi connectivity index (χ1n) is 6.77. The number of allylic oxidation sites excluding steroid dienone is 6. The van der Waals surface area contributed by atoms with Crippen molar-refractivity contribution in [2.75, 3.05) is 7.11 Å². The Morgan fingerprint density at radius 2 is 2.05 bits per heavy atom. The molecular weight excluding hydrogens is 246 g/mol. The van der Waals surface area contributed by atoms with E-state index >= 15 is 0 Å². The minimum Gasteiger partial charge on any atom is -0.497 e. The van der Waals surface area contributed by atoms with Crippen LogP contribution in [0, 0.1) is 6.92 Å². The van der Waals surface area contributed by atoms with Crippen LogP contribution < -0.4 is 4.74 Å². The SMILES string of the molecule is COc1ccc2c(C)cc(C3=CCC=CC=C3)nc2c1. The van der Waals surface area contributed by atoms with Crippen LogP contribution in [0.5, 0.6) is 5.75 Å². The molecule has 2 nitrogen and oxygen atoms in total. The molecular formula is C18H17NO. The Hall–Kier alpha value is -2.35. The number of aromatic nitrogens is 1. The van der Waals surface area contributed by atoms with E-state index in [1.54, 1.807) is 7.11 Å². The predicted molar refractivity (Wildman–Crippen MR) is 83.9 cm³/mol. The van der Waals surface area contributed by atoms with Gasteiger partial charge in [0, 0.05) is 11.5 Å². The van der Waals surface area contributed by atoms with E-state index in [0.29, 0.717) is 0 Å². The van der Waals surface area contributed by atoms with Gasteiger partial charge in [-0.3, -0.25) is 0 Å². The number of ether oxygens (including phenoxy) is 1. The van der Waals surface area contributed by atoms with Crippen LogP contribution in [0.2, 0.25) is 0 Å². The van der Waals surface area contributed by atoms with Crippen molar-refractivity contribution in [1.82, 2.24) is 4.98 Å². The van der Waals surface area contributed by atoms with Crippen LogP contribution in [0.1, 0.15) is 17.7 Å². The lowest BCUT2D eigenvalue weighted by atomic mass is 10.0. The molecule has 0 N–H and O–H groups in total. The highest BCUT2D eigenvalue weighted by Crippen LogP contribution is 2.26. The summed E-state index contributed by atoms with van der Waals surface area (Å²) in [5, 5.41) is 1.17. The summed E-state index contributed by atoms with van der Waals surface area (Å²) in [4.78, 5) is 4.78. The second-order valence-corrected chi connectivity index (χ2v) is 4.89. The minimum atomic E-state index is 0.841. The van der Waals surface area contributed by atoms with Gasteiger partial charge >= 0.3 is 0 Å². The Balaban J connectivity index is 2.15. The molecule has 0 fully saturated rings. The first kappa shape index (κ1) is 12.7. The Kier molecular flexibility index (Phi) is 3.38. The van der Waals surface area contributed by atoms with Crippen molar-refractivity contribution in [1.29, 1.82) is 0 Å². The normalized spacial score (nSPS) is 14.2. The molecule has 0 bridgehead atoms. The molecule has 100 valence electrons. The van der Waals surface area contributed by atoms with Crippen molar-refractivity contribution in [2.24, 2.45) is 0 Å². The Morgan fingerprint density at radius 1 is 1.15 bits per heavy atom. The van der Waals surface area contributed by atoms with Crippen LogP contribution >= 0.6 is 0 Å². The molecule has 1 aliphatic rings. The molecule has 0 atom stereocenters. The van der Waals surface area contributed by atoms with E-state index in [1.165, 1.54) is 16.5 Å². The van der Waals surface area contributed by atoms with Gasteiger partial charge in [-0.25, -0.2) is 4.98 Å². The summed E-state index contributed by atoms with van der Waals surface area (Å²) in [6.45, 7) is 2.12. The molecule has 3 rings (SSSR count). The van der Waals surface area contributed by atoms with Gasteiger partial charge in [-0.1, -0.05) is 30.4 Å². The second-order valence-electron chi connectivity index (χ2n) is 4.89. The standard InChI is InChI=1S/C18H17NO/c1-13-11-17(14-7-5-3-4-6-8-14)19-18-12-15(20-2)9-10-16(13)18/h3-5,7-12H,6H2,1-2H3. The van der Waals surface area contributed by atoms with E-state index in [9.17, 15) is 0 Å². The smallest absolute Gasteiger partial charge is 0.121 e. The van der Waals surface area contributed by atoms with Crippen molar-refractivity contribution < 1.29 is 4.74 Å². The molecule has 0 aliphatic heterocycles. The highest BCUT2D eigenvalue weighted by Gasteiger charge is 2.07. The molecule has 2 aromatic rings. The zero-order chi connectivity index (χ0) is 13.9. The summed E-state index contributed by atoms with van der Waals surface area (Å²) in [5.41, 5.74) is 4.40. The maximum Gasteiger partial charge on any atom is 0.121 e. The van der Waals surface area contributed by atoms with E-state index in [1.807, 2.05) is 12.1 Å². The van der Waals surface area contributed by atoms with Gasteiger partial charge in [0.05, 0.1) is 18.3 Å². The van der Waals surface area contributed by atoms with E-state index < -0.39 is 0 Å². The third-order valence-electron chi connectivity index (χ3n) is 3.52. The molecule has 1 aromatic heterocycles. The van der Waals surface area contributed by atoms with Gasteiger partial charge in [0.15, 0.2) is 0 Å². The molecule has 1 aromatic carbocycles. The fourth-order valence-electron chi connectivity index (χ4n) is 2.43. The summed E-state index contributed by atoms with van der Waals surface area (Å²) in [7, 11) is 1.68. The van der Waals surface area contributed by atoms with Crippen LogP contribution in [0.3, 0.4) is 0 Å². The van der Waals surface area contributed by atoms with E-state index in [2.05, 4.69) is 49.4 Å². The molecule has 0 radical (unpaired) electrons. The predicted octanol–water partition coefficient (Wildman–Crippen LogP) is 4.45. The zero-order valence-electron chi connectivity index (χ0n) is 11.8. The molecule has 0 saturated heterocycles. The first-order chi connectivity index (χ1) is 9.78. The number of rotatable bonds is 2. The number of methoxy groups -OCH3 is 1. The number of fused-ring (bicyclic) bond motifs is 1. The highest BCUT2D eigenvalue weighted by atomic mass is 16.5. The van der Waals surface area contributed by atoms with Crippen LogP contribution in [-0.4, -0.2) is 12.1 Å². The van der Waals surface area contributed by atoms with Gasteiger partial charge in [0.2, 0.25) is 0 Å². The summed E-state index contributed by atoms with van der Waals surface area (Å²) in [6, 6.07) is 8.19. The highest BCUT2D eigenvalue weighted by molar-refractivity contribution is 5.86. The molecule has 1 aliphatic carbocycles. The summed E-state index contributed by atoms with van der Waals surface area (Å²) in [6.07, 6.45) is 11.5. The number of pyridine rings is 1. The molecule has 1 heterocycles. The van der Waals surface area contributed by atoms with Gasteiger partial charge in [0.1, 0.15) is 5.75 Å². The van der Waals surface area contributed by atoms with Gasteiger partial charge in [0.25, 0.3) is 0 Å². The maximum absolute atomic E-state index is 5.29. The molecule has 2 heteroatoms. The molecule has 0 amide bonds. The van der Waals surface area contributed by atoms with Crippen LogP contribution in [0.4, 0.5) is 0 Å². The average molecular weight is 263 g/mol. The topological polar surface area (TPSA) is 22.1 Å². The summed E-state index contributed by atoms with van der Waals surface area (Å²) < 4.78 is 5.29. The third-order valence-corrected chi connectivity index (χ3v) is 3.52. The second kappa shape index (κ2) is 5.33. The van der Waals surface area contributed by atoms with Crippen LogP contribution in [0.25, 0.3) is 16.5 Å². The fourth-order valence-corrected chi connectivity index (χ4v) is 2.43. The lowest BCUT2D eigenvalue weighted by molar-refractivity contribution is 0.415. The van der Waals surface area contributed by atoms with Crippen molar-refractivity contribution in [3.8, 4) is 5.75 Å². The maximum atomic E-state index is 5.29. The molecule has 0 saturated carbocycles. The van der Waals surface area contributed by atoms with Gasteiger partial charge in [-0.2, -0.15) is 0 Å². The largest absolute Gasteiger partial charge is 0.497 e. The number of nitrogens with zero attached hydrogens (tertiary/aromatic N) is 1. The number of aryl methyl sites for hydroxylation is 1. The Bertz CT molecular complexity index is 738. The summed E-state index contributed by atoms with van der Waals surface area (Å²) >= 11 is 0. The van der Waals surface area contributed by atoms with Crippen LogP contribution in [-0.2, 0) is 0 Å². The van der Waals surface area contributed by atoms with Gasteiger partial charge in [-0.15, -0.1) is 0 Å². The minimum absolute atomic E-state index is 0.841. The van der Waals surface area contributed by atoms with Crippen molar-refractivity contribution >= 4 is 16.5 Å². The van der Waals surface area contributed by atoms with Gasteiger partial charge in [-0.05, 0) is 42.7 Å². The first-order valence-corrected chi connectivity index (χ1v) is 6.77. The fraction of sp³-hybridized carbons (Fsp3) is 0.167.